The first-order valence-electron chi connectivity index (χ1n) is 7.39. The number of aromatic nitrogens is 1. The minimum atomic E-state index is 0.706. The van der Waals surface area contributed by atoms with E-state index in [0.29, 0.717) is 6.61 Å². The highest BCUT2D eigenvalue weighted by atomic mass is 16.5. The average molecular weight is 274 g/mol. The van der Waals surface area contributed by atoms with E-state index in [9.17, 15) is 0 Å². The maximum atomic E-state index is 5.69. The molecule has 1 aliphatic heterocycles. The molecule has 3 rings (SSSR count). The Bertz CT molecular complexity index is 559. The van der Waals surface area contributed by atoms with Crippen molar-refractivity contribution in [1.29, 1.82) is 0 Å². The van der Waals surface area contributed by atoms with E-state index in [2.05, 4.69) is 33.9 Å². The molecule has 0 spiro atoms. The number of morpholine rings is 1. The molecule has 4 heteroatoms. The maximum absolute atomic E-state index is 5.69. The Hall–Kier alpha value is -1.52. The van der Waals surface area contributed by atoms with E-state index in [-0.39, 0.29) is 0 Å². The summed E-state index contributed by atoms with van der Waals surface area (Å²) < 4.78 is 13.4. The molecule has 2 heterocycles. The molecule has 0 saturated carbocycles. The van der Waals surface area contributed by atoms with E-state index >= 15 is 0 Å². The lowest BCUT2D eigenvalue weighted by molar-refractivity contribution is 0.0365. The van der Waals surface area contributed by atoms with Gasteiger partial charge < -0.3 is 14.0 Å². The van der Waals surface area contributed by atoms with E-state index in [4.69, 9.17) is 9.47 Å². The summed E-state index contributed by atoms with van der Waals surface area (Å²) in [4.78, 5) is 2.46. The van der Waals surface area contributed by atoms with Gasteiger partial charge in [0, 0.05) is 37.8 Å². The van der Waals surface area contributed by atoms with Crippen LogP contribution in [0.1, 0.15) is 6.92 Å². The lowest BCUT2D eigenvalue weighted by Gasteiger charge is -2.26. The van der Waals surface area contributed by atoms with E-state index in [1.807, 2.05) is 13.0 Å². The molecular weight excluding hydrogens is 252 g/mol. The van der Waals surface area contributed by atoms with Gasteiger partial charge in [0.2, 0.25) is 0 Å². The predicted molar refractivity (Wildman–Crippen MR) is 80.4 cm³/mol. The zero-order chi connectivity index (χ0) is 13.8. The maximum Gasteiger partial charge on any atom is 0.128 e. The van der Waals surface area contributed by atoms with E-state index in [1.54, 1.807) is 0 Å². The van der Waals surface area contributed by atoms with Crippen LogP contribution in [-0.2, 0) is 11.3 Å². The molecule has 0 N–H and O–H groups in total. The molecule has 108 valence electrons. The molecule has 0 radical (unpaired) electrons. The molecule has 0 amide bonds. The van der Waals surface area contributed by atoms with Crippen LogP contribution >= 0.6 is 0 Å². The SMILES string of the molecule is CCOc1cccc2c1ccn2CCN1CCOCC1. The van der Waals surface area contributed by atoms with Crippen molar-refractivity contribution in [1.82, 2.24) is 9.47 Å². The van der Waals surface area contributed by atoms with Crippen LogP contribution in [0.5, 0.6) is 5.75 Å². The fourth-order valence-electron chi connectivity index (χ4n) is 2.75. The van der Waals surface area contributed by atoms with Crippen LogP contribution in [0.15, 0.2) is 30.5 Å². The van der Waals surface area contributed by atoms with Crippen LogP contribution < -0.4 is 4.74 Å². The van der Waals surface area contributed by atoms with Crippen molar-refractivity contribution in [2.75, 3.05) is 39.5 Å². The fourth-order valence-corrected chi connectivity index (χ4v) is 2.75. The van der Waals surface area contributed by atoms with Gasteiger partial charge in [0.05, 0.1) is 25.3 Å². The van der Waals surface area contributed by atoms with Crippen molar-refractivity contribution in [2.45, 2.75) is 13.5 Å². The first-order valence-corrected chi connectivity index (χ1v) is 7.39. The summed E-state index contributed by atoms with van der Waals surface area (Å²) in [6.45, 7) is 8.63. The highest BCUT2D eigenvalue weighted by Crippen LogP contribution is 2.26. The van der Waals surface area contributed by atoms with Gasteiger partial charge in [-0.15, -0.1) is 0 Å². The number of fused-ring (bicyclic) bond motifs is 1. The average Bonchev–Trinajstić information content (AvgIpc) is 2.91. The van der Waals surface area contributed by atoms with Gasteiger partial charge in [-0.1, -0.05) is 6.07 Å². The summed E-state index contributed by atoms with van der Waals surface area (Å²) in [6.07, 6.45) is 2.16. The standard InChI is InChI=1S/C16H22N2O2/c1-2-20-16-5-3-4-15-14(16)6-7-18(15)9-8-17-10-12-19-13-11-17/h3-7H,2,8-13H2,1H3. The Morgan fingerprint density at radius 2 is 2.00 bits per heavy atom. The smallest absolute Gasteiger partial charge is 0.128 e. The van der Waals surface area contributed by atoms with Crippen molar-refractivity contribution in [3.63, 3.8) is 0 Å². The van der Waals surface area contributed by atoms with Crippen LogP contribution in [0, 0.1) is 0 Å². The second-order valence-electron chi connectivity index (χ2n) is 5.09. The van der Waals surface area contributed by atoms with E-state index in [1.165, 1.54) is 10.9 Å². The van der Waals surface area contributed by atoms with Gasteiger partial charge in [0.15, 0.2) is 0 Å². The third kappa shape index (κ3) is 2.81. The van der Waals surface area contributed by atoms with Crippen molar-refractivity contribution >= 4 is 10.9 Å². The molecule has 1 aliphatic rings. The zero-order valence-corrected chi connectivity index (χ0v) is 12.0. The molecule has 0 unspecified atom stereocenters. The minimum absolute atomic E-state index is 0.706. The molecule has 4 nitrogen and oxygen atoms in total. The van der Waals surface area contributed by atoms with Gasteiger partial charge in [-0.2, -0.15) is 0 Å². The Kier molecular flexibility index (Phi) is 4.23. The summed E-state index contributed by atoms with van der Waals surface area (Å²) >= 11 is 0. The van der Waals surface area contributed by atoms with Crippen LogP contribution in [0.2, 0.25) is 0 Å². The molecule has 20 heavy (non-hydrogen) atoms. The number of ether oxygens (including phenoxy) is 2. The quantitative estimate of drug-likeness (QED) is 0.837. The number of rotatable bonds is 5. The number of nitrogens with zero attached hydrogens (tertiary/aromatic N) is 2. The van der Waals surface area contributed by atoms with Gasteiger partial charge >= 0.3 is 0 Å². The van der Waals surface area contributed by atoms with Crippen LogP contribution in [0.3, 0.4) is 0 Å². The lowest BCUT2D eigenvalue weighted by atomic mass is 10.2. The topological polar surface area (TPSA) is 26.6 Å². The number of hydrogen-bond donors (Lipinski definition) is 0. The van der Waals surface area contributed by atoms with Crippen molar-refractivity contribution in [3.8, 4) is 5.75 Å². The van der Waals surface area contributed by atoms with E-state index in [0.717, 1.165) is 45.1 Å². The zero-order valence-electron chi connectivity index (χ0n) is 12.0. The molecule has 1 fully saturated rings. The second-order valence-corrected chi connectivity index (χ2v) is 5.09. The van der Waals surface area contributed by atoms with E-state index < -0.39 is 0 Å². The third-order valence-electron chi connectivity index (χ3n) is 3.83. The number of hydrogen-bond acceptors (Lipinski definition) is 3. The Labute approximate surface area is 119 Å². The van der Waals surface area contributed by atoms with Gasteiger partial charge in [-0.25, -0.2) is 0 Å². The highest BCUT2D eigenvalue weighted by molar-refractivity contribution is 5.86. The Morgan fingerprint density at radius 1 is 1.15 bits per heavy atom. The fraction of sp³-hybridized carbons (Fsp3) is 0.500. The molecular formula is C16H22N2O2. The second kappa shape index (κ2) is 6.29. The van der Waals surface area contributed by atoms with Crippen molar-refractivity contribution in [2.24, 2.45) is 0 Å². The Morgan fingerprint density at radius 3 is 2.80 bits per heavy atom. The van der Waals surface area contributed by atoms with Gasteiger partial charge in [-0.05, 0) is 25.1 Å². The molecule has 1 aromatic carbocycles. The molecule has 0 aliphatic carbocycles. The third-order valence-corrected chi connectivity index (χ3v) is 3.83. The predicted octanol–water partition coefficient (Wildman–Crippen LogP) is 2.37. The van der Waals surface area contributed by atoms with Crippen LogP contribution in [0.25, 0.3) is 10.9 Å². The van der Waals surface area contributed by atoms with Gasteiger partial charge in [-0.3, -0.25) is 4.90 Å². The van der Waals surface area contributed by atoms with Crippen LogP contribution in [-0.4, -0.2) is 48.9 Å². The molecule has 1 aromatic heterocycles. The molecule has 0 bridgehead atoms. The molecule has 0 atom stereocenters. The van der Waals surface area contributed by atoms with Gasteiger partial charge in [0.1, 0.15) is 5.75 Å². The van der Waals surface area contributed by atoms with Crippen molar-refractivity contribution in [3.05, 3.63) is 30.5 Å². The monoisotopic (exact) mass is 274 g/mol. The summed E-state index contributed by atoms with van der Waals surface area (Å²) in [5, 5.41) is 1.20. The molecule has 2 aromatic rings. The molecule has 1 saturated heterocycles. The summed E-state index contributed by atoms with van der Waals surface area (Å²) in [6, 6.07) is 8.42. The highest BCUT2D eigenvalue weighted by Gasteiger charge is 2.11. The van der Waals surface area contributed by atoms with Crippen LogP contribution in [0.4, 0.5) is 0 Å². The normalized spacial score (nSPS) is 16.6. The largest absolute Gasteiger partial charge is 0.493 e. The van der Waals surface area contributed by atoms with Crippen molar-refractivity contribution < 1.29 is 9.47 Å². The lowest BCUT2D eigenvalue weighted by Crippen LogP contribution is -2.38. The first kappa shape index (κ1) is 13.5. The summed E-state index contributed by atoms with van der Waals surface area (Å²) in [5.41, 5.74) is 1.25. The number of benzene rings is 1. The Balaban J connectivity index is 1.73. The summed E-state index contributed by atoms with van der Waals surface area (Å²) in [5.74, 6) is 0.982. The first-order chi connectivity index (χ1) is 9.88. The minimum Gasteiger partial charge on any atom is -0.493 e. The summed E-state index contributed by atoms with van der Waals surface area (Å²) in [7, 11) is 0. The van der Waals surface area contributed by atoms with Gasteiger partial charge in [0.25, 0.3) is 0 Å².